The van der Waals surface area contributed by atoms with E-state index in [1.54, 1.807) is 6.92 Å². The van der Waals surface area contributed by atoms with Crippen LogP contribution in [0.4, 0.5) is 13.2 Å². The molecule has 1 atom stereocenters. The van der Waals surface area contributed by atoms with Crippen LogP contribution in [-0.2, 0) is 22.1 Å². The Hall–Kier alpha value is -1.56. The SMILES string of the molecule is CCOC(=O)[C@@](C)(N)Cc1ccccc1C(F)(F)F. The van der Waals surface area contributed by atoms with E-state index < -0.39 is 23.2 Å². The second-order valence-electron chi connectivity index (χ2n) is 4.47. The molecule has 0 saturated heterocycles. The monoisotopic (exact) mass is 275 g/mol. The second kappa shape index (κ2) is 5.61. The number of esters is 1. The van der Waals surface area contributed by atoms with Crippen molar-refractivity contribution in [1.29, 1.82) is 0 Å². The lowest BCUT2D eigenvalue weighted by Crippen LogP contribution is -2.48. The molecule has 2 N–H and O–H groups in total. The summed E-state index contributed by atoms with van der Waals surface area (Å²) in [5.74, 6) is -0.716. The van der Waals surface area contributed by atoms with Crippen LogP contribution in [0.15, 0.2) is 24.3 Å². The van der Waals surface area contributed by atoms with Gasteiger partial charge in [-0.05, 0) is 25.5 Å². The van der Waals surface area contributed by atoms with Crippen molar-refractivity contribution in [3.05, 3.63) is 35.4 Å². The van der Waals surface area contributed by atoms with Crippen LogP contribution in [0.3, 0.4) is 0 Å². The molecular formula is C13H16F3NO2. The van der Waals surface area contributed by atoms with Gasteiger partial charge in [0, 0.05) is 6.42 Å². The number of ether oxygens (including phenoxy) is 1. The molecule has 0 radical (unpaired) electrons. The molecule has 0 unspecified atom stereocenters. The molecule has 3 nitrogen and oxygen atoms in total. The summed E-state index contributed by atoms with van der Waals surface area (Å²) in [5.41, 5.74) is 3.46. The molecule has 0 fully saturated rings. The first kappa shape index (κ1) is 15.5. The largest absolute Gasteiger partial charge is 0.465 e. The van der Waals surface area contributed by atoms with Crippen molar-refractivity contribution < 1.29 is 22.7 Å². The van der Waals surface area contributed by atoms with Crippen LogP contribution in [0.25, 0.3) is 0 Å². The Morgan fingerprint density at radius 3 is 2.42 bits per heavy atom. The Bertz CT molecular complexity index is 455. The standard InChI is InChI=1S/C13H16F3NO2/c1-3-19-11(18)12(2,17)8-9-6-4-5-7-10(9)13(14,15)16/h4-7H,3,8,17H2,1-2H3/t12-/m0/s1. The van der Waals surface area contributed by atoms with Crippen LogP contribution in [-0.4, -0.2) is 18.1 Å². The van der Waals surface area contributed by atoms with Gasteiger partial charge in [0.2, 0.25) is 0 Å². The Labute approximate surface area is 109 Å². The first-order valence-electron chi connectivity index (χ1n) is 5.79. The number of alkyl halides is 3. The maximum atomic E-state index is 12.8. The minimum Gasteiger partial charge on any atom is -0.465 e. The second-order valence-corrected chi connectivity index (χ2v) is 4.47. The summed E-state index contributed by atoms with van der Waals surface area (Å²) in [6.45, 7) is 3.10. The van der Waals surface area contributed by atoms with Crippen LogP contribution in [0.5, 0.6) is 0 Å². The summed E-state index contributed by atoms with van der Waals surface area (Å²) in [4.78, 5) is 11.6. The van der Waals surface area contributed by atoms with Gasteiger partial charge in [-0.2, -0.15) is 13.2 Å². The number of hydrogen-bond acceptors (Lipinski definition) is 3. The fraction of sp³-hybridized carbons (Fsp3) is 0.462. The average molecular weight is 275 g/mol. The minimum atomic E-state index is -4.47. The Balaban J connectivity index is 3.03. The molecule has 6 heteroatoms. The molecular weight excluding hydrogens is 259 g/mol. The van der Waals surface area contributed by atoms with E-state index in [2.05, 4.69) is 0 Å². The van der Waals surface area contributed by atoms with Gasteiger partial charge in [-0.3, -0.25) is 4.79 Å². The summed E-state index contributed by atoms with van der Waals surface area (Å²) in [5, 5.41) is 0. The summed E-state index contributed by atoms with van der Waals surface area (Å²) in [6, 6.07) is 5.06. The number of benzene rings is 1. The molecule has 0 heterocycles. The van der Waals surface area contributed by atoms with Crippen molar-refractivity contribution in [3.63, 3.8) is 0 Å². The molecule has 0 aliphatic heterocycles. The summed E-state index contributed by atoms with van der Waals surface area (Å²) in [6.07, 6.45) is -4.71. The summed E-state index contributed by atoms with van der Waals surface area (Å²) in [7, 11) is 0. The van der Waals surface area contributed by atoms with Gasteiger partial charge < -0.3 is 10.5 Å². The number of rotatable bonds is 4. The topological polar surface area (TPSA) is 52.3 Å². The van der Waals surface area contributed by atoms with E-state index in [9.17, 15) is 18.0 Å². The van der Waals surface area contributed by atoms with Gasteiger partial charge in [-0.25, -0.2) is 0 Å². The highest BCUT2D eigenvalue weighted by Gasteiger charge is 2.37. The van der Waals surface area contributed by atoms with Crippen molar-refractivity contribution in [1.82, 2.24) is 0 Å². The minimum absolute atomic E-state index is 0.0203. The number of nitrogens with two attached hydrogens (primary N) is 1. The molecule has 0 aliphatic carbocycles. The predicted molar refractivity (Wildman–Crippen MR) is 64.4 cm³/mol. The van der Waals surface area contributed by atoms with Gasteiger partial charge in [0.15, 0.2) is 0 Å². The number of carbonyl (C=O) groups is 1. The molecule has 19 heavy (non-hydrogen) atoms. The van der Waals surface area contributed by atoms with E-state index in [-0.39, 0.29) is 18.6 Å². The van der Waals surface area contributed by atoms with Crippen molar-refractivity contribution in [2.45, 2.75) is 32.0 Å². The van der Waals surface area contributed by atoms with Gasteiger partial charge in [0.1, 0.15) is 5.54 Å². The third-order valence-corrected chi connectivity index (χ3v) is 2.62. The molecule has 1 aromatic carbocycles. The lowest BCUT2D eigenvalue weighted by molar-refractivity contribution is -0.149. The zero-order valence-corrected chi connectivity index (χ0v) is 10.8. The average Bonchev–Trinajstić information content (AvgIpc) is 2.28. The smallest absolute Gasteiger partial charge is 0.416 e. The highest BCUT2D eigenvalue weighted by molar-refractivity contribution is 5.80. The van der Waals surface area contributed by atoms with Gasteiger partial charge in [0.25, 0.3) is 0 Å². The maximum Gasteiger partial charge on any atom is 0.416 e. The summed E-state index contributed by atoms with van der Waals surface area (Å²) >= 11 is 0. The van der Waals surface area contributed by atoms with Gasteiger partial charge >= 0.3 is 12.1 Å². The van der Waals surface area contributed by atoms with Crippen LogP contribution >= 0.6 is 0 Å². The number of hydrogen-bond donors (Lipinski definition) is 1. The van der Waals surface area contributed by atoms with E-state index in [1.165, 1.54) is 25.1 Å². The molecule has 0 amide bonds. The van der Waals surface area contributed by atoms with Crippen molar-refractivity contribution in [2.75, 3.05) is 6.61 Å². The quantitative estimate of drug-likeness (QED) is 0.859. The normalized spacial score (nSPS) is 14.8. The Morgan fingerprint density at radius 2 is 1.89 bits per heavy atom. The zero-order valence-electron chi connectivity index (χ0n) is 10.8. The van der Waals surface area contributed by atoms with Crippen LogP contribution < -0.4 is 5.73 Å². The van der Waals surface area contributed by atoms with E-state index in [1.807, 2.05) is 0 Å². The molecule has 0 aliphatic rings. The molecule has 0 saturated carbocycles. The van der Waals surface area contributed by atoms with Crippen molar-refractivity contribution in [2.24, 2.45) is 5.73 Å². The van der Waals surface area contributed by atoms with Gasteiger partial charge in [-0.1, -0.05) is 18.2 Å². The summed E-state index contributed by atoms with van der Waals surface area (Å²) < 4.78 is 43.2. The van der Waals surface area contributed by atoms with E-state index in [4.69, 9.17) is 10.5 Å². The lowest BCUT2D eigenvalue weighted by atomic mass is 9.91. The van der Waals surface area contributed by atoms with E-state index in [0.717, 1.165) is 6.07 Å². The van der Waals surface area contributed by atoms with Crippen LogP contribution in [0.2, 0.25) is 0 Å². The molecule has 0 spiro atoms. The number of halogens is 3. The van der Waals surface area contributed by atoms with Crippen molar-refractivity contribution >= 4 is 5.97 Å². The fourth-order valence-electron chi connectivity index (χ4n) is 1.71. The van der Waals surface area contributed by atoms with Gasteiger partial charge in [0.05, 0.1) is 12.2 Å². The molecule has 0 bridgehead atoms. The third kappa shape index (κ3) is 3.96. The fourth-order valence-corrected chi connectivity index (χ4v) is 1.71. The molecule has 0 aromatic heterocycles. The highest BCUT2D eigenvalue weighted by atomic mass is 19.4. The van der Waals surface area contributed by atoms with E-state index >= 15 is 0 Å². The first-order chi connectivity index (χ1) is 8.68. The maximum absolute atomic E-state index is 12.8. The van der Waals surface area contributed by atoms with Crippen LogP contribution in [0, 0.1) is 0 Å². The Kier molecular flexibility index (Phi) is 4.57. The zero-order chi connectivity index (χ0) is 14.7. The molecule has 1 aromatic rings. The van der Waals surface area contributed by atoms with Gasteiger partial charge in [-0.15, -0.1) is 0 Å². The van der Waals surface area contributed by atoms with Crippen LogP contribution in [0.1, 0.15) is 25.0 Å². The van der Waals surface area contributed by atoms with Crippen molar-refractivity contribution in [3.8, 4) is 0 Å². The number of carbonyl (C=O) groups excluding carboxylic acids is 1. The first-order valence-corrected chi connectivity index (χ1v) is 5.79. The third-order valence-electron chi connectivity index (χ3n) is 2.62. The predicted octanol–water partition coefficient (Wildman–Crippen LogP) is 2.53. The Morgan fingerprint density at radius 1 is 1.32 bits per heavy atom. The van der Waals surface area contributed by atoms with E-state index in [0.29, 0.717) is 0 Å². The lowest BCUT2D eigenvalue weighted by Gasteiger charge is -2.24. The molecule has 106 valence electrons. The highest BCUT2D eigenvalue weighted by Crippen LogP contribution is 2.33. The molecule has 1 rings (SSSR count).